The number of amides is 1. The Balaban J connectivity index is 2.83. The number of anilines is 2. The van der Waals surface area contributed by atoms with Gasteiger partial charge in [0.2, 0.25) is 5.91 Å². The summed E-state index contributed by atoms with van der Waals surface area (Å²) in [6, 6.07) is 7.40. The molecule has 0 aliphatic carbocycles. The average Bonchev–Trinajstić information content (AvgIpc) is 2.32. The number of benzene rings is 1. The minimum absolute atomic E-state index is 0.0474. The largest absolute Gasteiger partial charge is 0.399 e. The third-order valence-corrected chi connectivity index (χ3v) is 2.76. The van der Waals surface area contributed by atoms with E-state index in [-0.39, 0.29) is 11.9 Å². The van der Waals surface area contributed by atoms with Gasteiger partial charge in [-0.25, -0.2) is 0 Å². The van der Waals surface area contributed by atoms with Crippen LogP contribution >= 0.6 is 0 Å². The molecule has 0 heterocycles. The summed E-state index contributed by atoms with van der Waals surface area (Å²) < 4.78 is 0. The molecule has 1 aromatic rings. The number of hydrogen-bond donors (Lipinski definition) is 2. The molecule has 1 aromatic carbocycles. The predicted octanol–water partition coefficient (Wildman–Crippen LogP) is 1.62. The summed E-state index contributed by atoms with van der Waals surface area (Å²) in [6.45, 7) is 7.30. The molecule has 17 heavy (non-hydrogen) atoms. The molecule has 94 valence electrons. The van der Waals surface area contributed by atoms with Crippen molar-refractivity contribution in [2.75, 3.05) is 23.7 Å². The molecule has 0 saturated carbocycles. The number of nitrogens with one attached hydrogen (secondary N) is 1. The number of nitrogens with two attached hydrogens (primary N) is 1. The summed E-state index contributed by atoms with van der Waals surface area (Å²) in [5.41, 5.74) is 7.40. The zero-order valence-corrected chi connectivity index (χ0v) is 10.7. The van der Waals surface area contributed by atoms with Crippen molar-refractivity contribution in [2.24, 2.45) is 0 Å². The van der Waals surface area contributed by atoms with E-state index in [4.69, 9.17) is 5.73 Å². The van der Waals surface area contributed by atoms with E-state index in [0.29, 0.717) is 6.54 Å². The molecule has 0 aliphatic heterocycles. The van der Waals surface area contributed by atoms with Crippen molar-refractivity contribution in [3.63, 3.8) is 0 Å². The summed E-state index contributed by atoms with van der Waals surface area (Å²) in [7, 11) is 0. The molecule has 1 amide bonds. The Morgan fingerprint density at radius 2 is 1.94 bits per heavy atom. The molecular formula is C13H21N3O. The Labute approximate surface area is 103 Å². The summed E-state index contributed by atoms with van der Waals surface area (Å²) in [6.07, 6.45) is 0. The minimum atomic E-state index is -0.177. The smallest absolute Gasteiger partial charge is 0.242 e. The van der Waals surface area contributed by atoms with Crippen molar-refractivity contribution in [3.8, 4) is 0 Å². The van der Waals surface area contributed by atoms with Crippen LogP contribution in [-0.4, -0.2) is 25.0 Å². The molecule has 0 spiro atoms. The molecule has 1 atom stereocenters. The summed E-state index contributed by atoms with van der Waals surface area (Å²) in [5, 5.41) is 2.84. The van der Waals surface area contributed by atoms with Crippen LogP contribution in [-0.2, 0) is 4.79 Å². The number of likely N-dealkylation sites (N-methyl/N-ethyl adjacent to an activating group) is 2. The molecule has 0 saturated heterocycles. The SMILES string of the molecule is CCNC(=O)C(C)N(CC)c1ccc(N)cc1. The highest BCUT2D eigenvalue weighted by Gasteiger charge is 2.19. The third kappa shape index (κ3) is 3.37. The molecular weight excluding hydrogens is 214 g/mol. The number of carbonyl (C=O) groups excluding carboxylic acids is 1. The predicted molar refractivity (Wildman–Crippen MR) is 72.0 cm³/mol. The summed E-state index contributed by atoms with van der Waals surface area (Å²) in [4.78, 5) is 13.9. The Hall–Kier alpha value is -1.71. The van der Waals surface area contributed by atoms with Crippen LogP contribution in [0.4, 0.5) is 11.4 Å². The van der Waals surface area contributed by atoms with Gasteiger partial charge in [-0.05, 0) is 45.0 Å². The van der Waals surface area contributed by atoms with Gasteiger partial charge < -0.3 is 16.0 Å². The lowest BCUT2D eigenvalue weighted by atomic mass is 10.2. The first-order chi connectivity index (χ1) is 8.10. The highest BCUT2D eigenvalue weighted by molar-refractivity contribution is 5.84. The van der Waals surface area contributed by atoms with Gasteiger partial charge in [-0.15, -0.1) is 0 Å². The van der Waals surface area contributed by atoms with Crippen LogP contribution in [0.15, 0.2) is 24.3 Å². The summed E-state index contributed by atoms with van der Waals surface area (Å²) >= 11 is 0. The van der Waals surface area contributed by atoms with E-state index in [1.54, 1.807) is 0 Å². The van der Waals surface area contributed by atoms with E-state index in [1.165, 1.54) is 0 Å². The quantitative estimate of drug-likeness (QED) is 0.762. The second-order valence-electron chi connectivity index (χ2n) is 3.95. The van der Waals surface area contributed by atoms with Gasteiger partial charge in [0.15, 0.2) is 0 Å². The number of nitrogens with zero attached hydrogens (tertiary/aromatic N) is 1. The maximum Gasteiger partial charge on any atom is 0.242 e. The Kier molecular flexibility index (Phi) is 4.82. The third-order valence-electron chi connectivity index (χ3n) is 2.76. The maximum absolute atomic E-state index is 11.8. The molecule has 0 bridgehead atoms. The molecule has 0 radical (unpaired) electrons. The standard InChI is InChI=1S/C13H21N3O/c1-4-15-13(17)10(3)16(5-2)12-8-6-11(14)7-9-12/h6-10H,4-5,14H2,1-3H3,(H,15,17). The molecule has 1 unspecified atom stereocenters. The first-order valence-electron chi connectivity index (χ1n) is 6.00. The van der Waals surface area contributed by atoms with E-state index in [0.717, 1.165) is 17.9 Å². The minimum Gasteiger partial charge on any atom is -0.399 e. The van der Waals surface area contributed by atoms with Crippen LogP contribution < -0.4 is 16.0 Å². The zero-order chi connectivity index (χ0) is 12.8. The fourth-order valence-electron chi connectivity index (χ4n) is 1.81. The number of hydrogen-bond acceptors (Lipinski definition) is 3. The lowest BCUT2D eigenvalue weighted by Crippen LogP contribution is -2.45. The second-order valence-corrected chi connectivity index (χ2v) is 3.95. The number of carbonyl (C=O) groups is 1. The second kappa shape index (κ2) is 6.13. The fourth-order valence-corrected chi connectivity index (χ4v) is 1.81. The van der Waals surface area contributed by atoms with Gasteiger partial charge in [-0.2, -0.15) is 0 Å². The van der Waals surface area contributed by atoms with Crippen molar-refractivity contribution < 1.29 is 4.79 Å². The van der Waals surface area contributed by atoms with Crippen molar-refractivity contribution in [1.82, 2.24) is 5.32 Å². The van der Waals surface area contributed by atoms with Crippen LogP contribution in [0.3, 0.4) is 0 Å². The van der Waals surface area contributed by atoms with Gasteiger partial charge >= 0.3 is 0 Å². The highest BCUT2D eigenvalue weighted by Crippen LogP contribution is 2.18. The van der Waals surface area contributed by atoms with Crippen LogP contribution in [0.25, 0.3) is 0 Å². The van der Waals surface area contributed by atoms with Gasteiger partial charge in [0.1, 0.15) is 6.04 Å². The highest BCUT2D eigenvalue weighted by atomic mass is 16.2. The van der Waals surface area contributed by atoms with Gasteiger partial charge in [-0.1, -0.05) is 0 Å². The fraction of sp³-hybridized carbons (Fsp3) is 0.462. The molecule has 3 N–H and O–H groups in total. The van der Waals surface area contributed by atoms with Gasteiger partial charge in [0.05, 0.1) is 0 Å². The maximum atomic E-state index is 11.8. The van der Waals surface area contributed by atoms with Gasteiger partial charge in [-0.3, -0.25) is 4.79 Å². The first-order valence-corrected chi connectivity index (χ1v) is 6.00. The first kappa shape index (κ1) is 13.4. The zero-order valence-electron chi connectivity index (χ0n) is 10.7. The molecule has 1 rings (SSSR count). The summed E-state index contributed by atoms with van der Waals surface area (Å²) in [5.74, 6) is 0.0474. The van der Waals surface area contributed by atoms with Crippen molar-refractivity contribution in [2.45, 2.75) is 26.8 Å². The number of rotatable bonds is 5. The van der Waals surface area contributed by atoms with Crippen molar-refractivity contribution in [1.29, 1.82) is 0 Å². The van der Waals surface area contributed by atoms with Crippen LogP contribution in [0.2, 0.25) is 0 Å². The van der Waals surface area contributed by atoms with Crippen LogP contribution in [0, 0.1) is 0 Å². The Morgan fingerprint density at radius 3 is 2.41 bits per heavy atom. The number of nitrogen functional groups attached to an aromatic ring is 1. The van der Waals surface area contributed by atoms with Crippen LogP contribution in [0.1, 0.15) is 20.8 Å². The van der Waals surface area contributed by atoms with Gasteiger partial charge in [0, 0.05) is 24.5 Å². The molecule has 4 nitrogen and oxygen atoms in total. The Morgan fingerprint density at radius 1 is 1.35 bits per heavy atom. The van der Waals surface area contributed by atoms with Crippen molar-refractivity contribution >= 4 is 17.3 Å². The average molecular weight is 235 g/mol. The van der Waals surface area contributed by atoms with E-state index < -0.39 is 0 Å². The van der Waals surface area contributed by atoms with Crippen molar-refractivity contribution in [3.05, 3.63) is 24.3 Å². The normalized spacial score (nSPS) is 11.9. The van der Waals surface area contributed by atoms with Gasteiger partial charge in [0.25, 0.3) is 0 Å². The lowest BCUT2D eigenvalue weighted by Gasteiger charge is -2.29. The molecule has 0 aromatic heterocycles. The van der Waals surface area contributed by atoms with E-state index in [9.17, 15) is 4.79 Å². The molecule has 0 aliphatic rings. The van der Waals surface area contributed by atoms with E-state index in [1.807, 2.05) is 49.9 Å². The molecule has 4 heteroatoms. The topological polar surface area (TPSA) is 58.4 Å². The van der Waals surface area contributed by atoms with E-state index in [2.05, 4.69) is 5.32 Å². The van der Waals surface area contributed by atoms with Crippen LogP contribution in [0.5, 0.6) is 0 Å². The lowest BCUT2D eigenvalue weighted by molar-refractivity contribution is -0.121. The molecule has 0 fully saturated rings. The monoisotopic (exact) mass is 235 g/mol. The Bertz CT molecular complexity index is 361. The van der Waals surface area contributed by atoms with E-state index >= 15 is 0 Å².